The van der Waals surface area contributed by atoms with E-state index in [1.165, 1.54) is 59.0 Å². The maximum Gasteiger partial charge on any atom is 0.247 e. The molecule has 0 saturated carbocycles. The van der Waals surface area contributed by atoms with E-state index in [1.54, 1.807) is 66.7 Å². The number of aliphatic hydroxyl groups excluding tert-OH is 1. The molecule has 3 aromatic rings. The van der Waals surface area contributed by atoms with Gasteiger partial charge in [0, 0.05) is 40.4 Å². The molecule has 16 heteroatoms. The number of benzene rings is 3. The molecule has 16 nitrogen and oxygen atoms in total. The quantitative estimate of drug-likeness (QED) is 0.288. The van der Waals surface area contributed by atoms with Crippen LogP contribution < -0.4 is 30.2 Å². The van der Waals surface area contributed by atoms with Crippen molar-refractivity contribution in [2.75, 3.05) is 42.0 Å². The van der Waals surface area contributed by atoms with Gasteiger partial charge in [-0.15, -0.1) is 0 Å². The maximum atomic E-state index is 14.7. The molecule has 1 saturated heterocycles. The molecule has 0 aliphatic carbocycles. The lowest BCUT2D eigenvalue weighted by molar-refractivity contribution is -0.149. The highest BCUT2D eigenvalue weighted by molar-refractivity contribution is 5.98. The van der Waals surface area contributed by atoms with E-state index in [9.17, 15) is 33.9 Å². The third-order valence-corrected chi connectivity index (χ3v) is 10.4. The highest BCUT2D eigenvalue weighted by Gasteiger charge is 2.39. The van der Waals surface area contributed by atoms with Crippen LogP contribution in [0.3, 0.4) is 0 Å². The number of aliphatic hydroxyl groups is 1. The van der Waals surface area contributed by atoms with Crippen molar-refractivity contribution < 1.29 is 48.1 Å². The summed E-state index contributed by atoms with van der Waals surface area (Å²) in [4.78, 5) is 88.2. The number of rotatable bonds is 5. The second kappa shape index (κ2) is 18.2. The summed E-state index contributed by atoms with van der Waals surface area (Å²) < 4.78 is 16.9. The molecule has 6 bridgehead atoms. The standard InChI is InChI=1S/C41H50N6O10/c1-23-36(49)44-30(22-48)40(53)45(3)31(18-25-8-13-28(55-6)14-9-25)38(51)43-24(2)39(52)47(5)33-19-26-10-15-29(16-11-26)57-35-21-27(12-17-34(35)56-7)20-32(37(50)42-23)46(4)41(33)54/h8-17,21,23-24,30-33,48H,18-20,22H2,1-7H3,(H,42,50)(H,43,51)(H,44,49)/t23-,24-,30-,31-,32-,33-/m0/s1. The van der Waals surface area contributed by atoms with Crippen molar-refractivity contribution >= 4 is 35.4 Å². The third-order valence-electron chi connectivity index (χ3n) is 10.4. The van der Waals surface area contributed by atoms with Crippen molar-refractivity contribution in [2.24, 2.45) is 0 Å². The zero-order valence-corrected chi connectivity index (χ0v) is 33.1. The molecule has 304 valence electrons. The van der Waals surface area contributed by atoms with Crippen molar-refractivity contribution in [3.8, 4) is 23.0 Å². The van der Waals surface area contributed by atoms with Gasteiger partial charge in [-0.05, 0) is 66.9 Å². The van der Waals surface area contributed by atoms with Crippen LogP contribution in [0.25, 0.3) is 0 Å². The first-order valence-corrected chi connectivity index (χ1v) is 18.5. The minimum absolute atomic E-state index is 0.00390. The van der Waals surface area contributed by atoms with Crippen LogP contribution in [-0.2, 0) is 48.0 Å². The molecule has 0 radical (unpaired) electrons. The lowest BCUT2D eigenvalue weighted by Crippen LogP contribution is -2.62. The number of methoxy groups -OCH3 is 2. The van der Waals surface area contributed by atoms with E-state index < -0.39 is 78.3 Å². The molecule has 3 aromatic carbocycles. The van der Waals surface area contributed by atoms with E-state index in [2.05, 4.69) is 16.0 Å². The first kappa shape index (κ1) is 42.0. The highest BCUT2D eigenvalue weighted by Crippen LogP contribution is 2.34. The fraction of sp³-hybridized carbons (Fsp3) is 0.415. The number of amides is 6. The third kappa shape index (κ3) is 9.63. The number of ether oxygens (including phenoxy) is 3. The average molecular weight is 787 g/mol. The molecule has 6 rings (SSSR count). The summed E-state index contributed by atoms with van der Waals surface area (Å²) in [6.07, 6.45) is -0.000603. The van der Waals surface area contributed by atoms with E-state index in [1.807, 2.05) is 0 Å². The first-order chi connectivity index (χ1) is 27.1. The number of carbonyl (C=O) groups excluding carboxylic acids is 6. The van der Waals surface area contributed by atoms with Gasteiger partial charge in [0.15, 0.2) is 11.5 Å². The lowest BCUT2D eigenvalue weighted by Gasteiger charge is -2.37. The molecule has 6 atom stereocenters. The van der Waals surface area contributed by atoms with E-state index in [-0.39, 0.29) is 19.3 Å². The van der Waals surface area contributed by atoms with Crippen LogP contribution in [0, 0.1) is 0 Å². The highest BCUT2D eigenvalue weighted by atomic mass is 16.5. The Labute approximate surface area is 331 Å². The fourth-order valence-electron chi connectivity index (χ4n) is 6.86. The first-order valence-electron chi connectivity index (χ1n) is 18.5. The Morgan fingerprint density at radius 3 is 1.91 bits per heavy atom. The van der Waals surface area contributed by atoms with Gasteiger partial charge in [-0.25, -0.2) is 0 Å². The molecule has 0 unspecified atom stereocenters. The van der Waals surface area contributed by atoms with Crippen LogP contribution in [0.15, 0.2) is 66.7 Å². The Bertz CT molecular complexity index is 1970. The normalized spacial score (nSPS) is 24.1. The molecule has 1 fully saturated rings. The van der Waals surface area contributed by atoms with Gasteiger partial charge in [-0.1, -0.05) is 30.3 Å². The summed E-state index contributed by atoms with van der Waals surface area (Å²) in [7, 11) is 7.27. The van der Waals surface area contributed by atoms with Crippen LogP contribution in [0.5, 0.6) is 23.0 Å². The summed E-state index contributed by atoms with van der Waals surface area (Å²) in [6.45, 7) is 2.05. The number of hydrogen-bond donors (Lipinski definition) is 4. The molecular weight excluding hydrogens is 736 g/mol. The second-order valence-electron chi connectivity index (χ2n) is 14.3. The number of likely N-dealkylation sites (N-methyl/N-ethyl adjacent to an activating group) is 3. The van der Waals surface area contributed by atoms with E-state index in [0.717, 1.165) is 4.90 Å². The van der Waals surface area contributed by atoms with Gasteiger partial charge in [-0.3, -0.25) is 28.8 Å². The summed E-state index contributed by atoms with van der Waals surface area (Å²) in [5.74, 6) is -2.28. The monoisotopic (exact) mass is 786 g/mol. The molecule has 3 aliphatic heterocycles. The van der Waals surface area contributed by atoms with Crippen LogP contribution in [0.2, 0.25) is 0 Å². The average Bonchev–Trinajstić information content (AvgIpc) is 3.21. The van der Waals surface area contributed by atoms with Gasteiger partial charge in [0.25, 0.3) is 0 Å². The maximum absolute atomic E-state index is 14.7. The van der Waals surface area contributed by atoms with E-state index in [4.69, 9.17) is 14.2 Å². The molecule has 3 aliphatic rings. The van der Waals surface area contributed by atoms with Gasteiger partial charge >= 0.3 is 0 Å². The molecular formula is C41H50N6O10. The zero-order chi connectivity index (χ0) is 41.6. The largest absolute Gasteiger partial charge is 0.497 e. The summed E-state index contributed by atoms with van der Waals surface area (Å²) >= 11 is 0. The number of hydrogen-bond acceptors (Lipinski definition) is 10. The van der Waals surface area contributed by atoms with Crippen molar-refractivity contribution in [1.29, 1.82) is 0 Å². The number of carbonyl (C=O) groups is 6. The molecule has 3 heterocycles. The Balaban J connectivity index is 1.59. The van der Waals surface area contributed by atoms with Crippen LogP contribution >= 0.6 is 0 Å². The Morgan fingerprint density at radius 2 is 1.28 bits per heavy atom. The van der Waals surface area contributed by atoms with Crippen LogP contribution in [0.4, 0.5) is 0 Å². The zero-order valence-electron chi connectivity index (χ0n) is 33.1. The van der Waals surface area contributed by atoms with Gasteiger partial charge in [0.2, 0.25) is 35.4 Å². The topological polar surface area (TPSA) is 196 Å². The van der Waals surface area contributed by atoms with E-state index >= 15 is 0 Å². The number of fused-ring (bicyclic) bond motifs is 2. The smallest absolute Gasteiger partial charge is 0.247 e. The van der Waals surface area contributed by atoms with Crippen molar-refractivity contribution in [3.63, 3.8) is 0 Å². The minimum Gasteiger partial charge on any atom is -0.497 e. The minimum atomic E-state index is -1.50. The summed E-state index contributed by atoms with van der Waals surface area (Å²) in [6, 6.07) is 11.4. The molecule has 57 heavy (non-hydrogen) atoms. The van der Waals surface area contributed by atoms with Gasteiger partial charge in [0.05, 0.1) is 20.8 Å². The number of nitrogens with one attached hydrogen (secondary N) is 3. The van der Waals surface area contributed by atoms with Crippen LogP contribution in [0.1, 0.15) is 30.5 Å². The Hall–Kier alpha value is -6.16. The molecule has 0 aromatic heterocycles. The second-order valence-corrected chi connectivity index (χ2v) is 14.3. The molecule has 4 N–H and O–H groups in total. The predicted molar refractivity (Wildman–Crippen MR) is 208 cm³/mol. The lowest BCUT2D eigenvalue weighted by atomic mass is 9.98. The molecule has 6 amide bonds. The summed E-state index contributed by atoms with van der Waals surface area (Å²) in [5, 5.41) is 18.2. The van der Waals surface area contributed by atoms with Crippen molar-refractivity contribution in [1.82, 2.24) is 30.7 Å². The Kier molecular flexibility index (Phi) is 13.4. The van der Waals surface area contributed by atoms with Crippen LogP contribution in [-0.4, -0.2) is 133 Å². The van der Waals surface area contributed by atoms with Crippen molar-refractivity contribution in [3.05, 3.63) is 83.4 Å². The van der Waals surface area contributed by atoms with E-state index in [0.29, 0.717) is 39.7 Å². The SMILES string of the molecule is COc1ccc(C[C@H]2C(=O)N[C@@H](C)C(=O)N(C)[C@H]3Cc4ccc(cc4)Oc4cc(ccc4OC)C[C@@H](C(=O)N[C@@H](C)C(=O)N[C@@H](CO)C(=O)N2C)N(C)C3=O)cc1. The fourth-order valence-corrected chi connectivity index (χ4v) is 6.86. The number of nitrogens with zero attached hydrogens (tertiary/aromatic N) is 3. The predicted octanol–water partition coefficient (Wildman–Crippen LogP) is 0.819. The van der Waals surface area contributed by atoms with Gasteiger partial charge in [0.1, 0.15) is 47.8 Å². The van der Waals surface area contributed by atoms with Crippen molar-refractivity contribution in [2.45, 2.75) is 69.4 Å². The molecule has 0 spiro atoms. The van der Waals surface area contributed by atoms with Gasteiger partial charge < -0.3 is 50.0 Å². The summed E-state index contributed by atoms with van der Waals surface area (Å²) in [5.41, 5.74) is 1.92. The Morgan fingerprint density at radius 1 is 0.667 bits per heavy atom. The van der Waals surface area contributed by atoms with Gasteiger partial charge in [-0.2, -0.15) is 0 Å².